The topological polar surface area (TPSA) is 105 Å². The van der Waals surface area contributed by atoms with Gasteiger partial charge in [0.05, 0.1) is 39.9 Å². The van der Waals surface area contributed by atoms with Gasteiger partial charge in [-0.05, 0) is 51.4 Å². The molecule has 8 nitrogen and oxygen atoms in total. The van der Waals surface area contributed by atoms with E-state index in [1.165, 1.54) is 89.9 Å². The third-order valence-corrected chi connectivity index (χ3v) is 10.1. The summed E-state index contributed by atoms with van der Waals surface area (Å²) in [5.74, 6) is -0.193. The van der Waals surface area contributed by atoms with E-state index in [4.69, 9.17) is 9.05 Å². The zero-order valence-electron chi connectivity index (χ0n) is 33.8. The van der Waals surface area contributed by atoms with Crippen molar-refractivity contribution in [1.82, 2.24) is 5.32 Å². The summed E-state index contributed by atoms with van der Waals surface area (Å²) >= 11 is 0. The number of quaternary nitrogens is 1. The molecule has 0 aliphatic carbocycles. The van der Waals surface area contributed by atoms with E-state index in [9.17, 15) is 19.4 Å². The van der Waals surface area contributed by atoms with Gasteiger partial charge in [0.25, 0.3) is 0 Å². The first kappa shape index (κ1) is 49.7. The SMILES string of the molecule is CCCCCC/C=C\C/C=C\CCCCCCCC(=O)NC(COP(=O)(O)OCC[N+](C)(C)C)C(O)/C=C/CCCCCCCCCCCCC. The predicted molar refractivity (Wildman–Crippen MR) is 217 cm³/mol. The average Bonchev–Trinajstić information content (AvgIpc) is 3.07. The van der Waals surface area contributed by atoms with Gasteiger partial charge in [-0.25, -0.2) is 4.57 Å². The standard InChI is InChI=1S/C42H81N2O6P/c1-6-8-10-12-14-16-18-20-21-22-24-26-28-30-32-34-36-42(46)43-40(39-50-51(47,48)49-38-37-44(3,4)5)41(45)35-33-31-29-27-25-23-19-17-15-13-11-9-7-2/h16,18,21-22,33,35,40-41,45H,6-15,17,19-20,23-32,34,36-39H2,1-5H3,(H-,43,46,47,48)/p+1/b18-16-,22-21-,35-33+. The number of aliphatic hydroxyl groups excluding tert-OH is 1. The van der Waals surface area contributed by atoms with Crippen LogP contribution in [0.3, 0.4) is 0 Å². The number of allylic oxidation sites excluding steroid dienone is 5. The van der Waals surface area contributed by atoms with Gasteiger partial charge in [0.15, 0.2) is 0 Å². The first-order chi connectivity index (χ1) is 24.5. The quantitative estimate of drug-likeness (QED) is 0.0253. The number of carbonyl (C=O) groups excluding carboxylic acids is 1. The van der Waals surface area contributed by atoms with Gasteiger partial charge >= 0.3 is 7.82 Å². The first-order valence-electron chi connectivity index (χ1n) is 20.9. The Hall–Kier alpha value is -1.28. The third-order valence-electron chi connectivity index (χ3n) is 9.10. The van der Waals surface area contributed by atoms with Crippen LogP contribution in [-0.4, -0.2) is 73.4 Å². The summed E-state index contributed by atoms with van der Waals surface area (Å²) in [6, 6.07) is -0.851. The van der Waals surface area contributed by atoms with E-state index < -0.39 is 20.0 Å². The number of nitrogens with zero attached hydrogens (tertiary/aromatic N) is 1. The highest BCUT2D eigenvalue weighted by Gasteiger charge is 2.27. The molecule has 0 saturated heterocycles. The Bertz CT molecular complexity index is 933. The fourth-order valence-electron chi connectivity index (χ4n) is 5.72. The summed E-state index contributed by atoms with van der Waals surface area (Å²) < 4.78 is 23.5. The van der Waals surface area contributed by atoms with Crippen LogP contribution in [0.25, 0.3) is 0 Å². The molecule has 3 unspecified atom stereocenters. The van der Waals surface area contributed by atoms with Gasteiger partial charge in [0, 0.05) is 6.42 Å². The van der Waals surface area contributed by atoms with Crippen LogP contribution in [0.15, 0.2) is 36.5 Å². The number of aliphatic hydroxyl groups is 1. The second-order valence-corrected chi connectivity index (χ2v) is 16.8. The molecule has 9 heteroatoms. The third kappa shape index (κ3) is 36.9. The maximum Gasteiger partial charge on any atom is 0.472 e. The van der Waals surface area contributed by atoms with Crippen LogP contribution in [0, 0.1) is 0 Å². The molecule has 0 aromatic heterocycles. The molecule has 0 aliphatic rings. The van der Waals surface area contributed by atoms with Gasteiger partial charge in [-0.3, -0.25) is 13.8 Å². The molecule has 0 rings (SSSR count). The minimum Gasteiger partial charge on any atom is -0.387 e. The summed E-state index contributed by atoms with van der Waals surface area (Å²) in [4.78, 5) is 23.0. The zero-order chi connectivity index (χ0) is 37.9. The Morgan fingerprint density at radius 3 is 1.63 bits per heavy atom. The van der Waals surface area contributed by atoms with Gasteiger partial charge in [-0.15, -0.1) is 0 Å². The highest BCUT2D eigenvalue weighted by molar-refractivity contribution is 7.47. The smallest absolute Gasteiger partial charge is 0.387 e. The van der Waals surface area contributed by atoms with Crippen molar-refractivity contribution < 1.29 is 32.9 Å². The summed E-state index contributed by atoms with van der Waals surface area (Å²) in [7, 11) is 1.56. The Balaban J connectivity index is 4.51. The molecule has 0 radical (unpaired) electrons. The van der Waals surface area contributed by atoms with Gasteiger partial charge in [-0.2, -0.15) is 0 Å². The molecule has 0 heterocycles. The molecule has 0 bridgehead atoms. The summed E-state index contributed by atoms with van der Waals surface area (Å²) in [5.41, 5.74) is 0. The molecular weight excluding hydrogens is 659 g/mol. The minimum atomic E-state index is -4.34. The number of rotatable bonds is 37. The fraction of sp³-hybridized carbons (Fsp3) is 0.833. The molecule has 0 aromatic carbocycles. The average molecular weight is 742 g/mol. The van der Waals surface area contributed by atoms with Crippen molar-refractivity contribution in [3.8, 4) is 0 Å². The lowest BCUT2D eigenvalue weighted by molar-refractivity contribution is -0.870. The van der Waals surface area contributed by atoms with Crippen LogP contribution in [0.4, 0.5) is 0 Å². The van der Waals surface area contributed by atoms with Crippen molar-refractivity contribution in [1.29, 1.82) is 0 Å². The Kier molecular flexibility index (Phi) is 33.6. The number of likely N-dealkylation sites (N-methyl/N-ethyl adjacent to an activating group) is 1. The van der Waals surface area contributed by atoms with Crippen LogP contribution < -0.4 is 5.32 Å². The van der Waals surface area contributed by atoms with Crippen molar-refractivity contribution in [2.45, 2.75) is 187 Å². The summed E-state index contributed by atoms with van der Waals surface area (Å²) in [6.45, 7) is 4.76. The molecular formula is C42H82N2O6P+. The molecule has 3 atom stereocenters. The maximum atomic E-state index is 12.8. The van der Waals surface area contributed by atoms with Gasteiger partial charge in [-0.1, -0.05) is 153 Å². The largest absolute Gasteiger partial charge is 0.472 e. The van der Waals surface area contributed by atoms with Gasteiger partial charge in [0.1, 0.15) is 13.2 Å². The molecule has 300 valence electrons. The van der Waals surface area contributed by atoms with Crippen LogP contribution >= 0.6 is 7.82 Å². The van der Waals surface area contributed by atoms with E-state index in [1.54, 1.807) is 6.08 Å². The van der Waals surface area contributed by atoms with E-state index in [1.807, 2.05) is 27.2 Å². The fourth-order valence-corrected chi connectivity index (χ4v) is 6.45. The number of nitrogens with one attached hydrogen (secondary N) is 1. The number of hydrogen-bond acceptors (Lipinski definition) is 5. The highest BCUT2D eigenvalue weighted by atomic mass is 31.2. The number of unbranched alkanes of at least 4 members (excludes halogenated alkanes) is 20. The molecule has 51 heavy (non-hydrogen) atoms. The molecule has 3 N–H and O–H groups in total. The molecule has 0 fully saturated rings. The van der Waals surface area contributed by atoms with E-state index >= 15 is 0 Å². The monoisotopic (exact) mass is 742 g/mol. The molecule has 0 saturated carbocycles. The predicted octanol–water partition coefficient (Wildman–Crippen LogP) is 11.1. The summed E-state index contributed by atoms with van der Waals surface area (Å²) in [6.07, 6.45) is 40.6. The lowest BCUT2D eigenvalue weighted by atomic mass is 10.0. The Labute approximate surface area is 315 Å². The number of carbonyl (C=O) groups is 1. The maximum absolute atomic E-state index is 12.8. The van der Waals surface area contributed by atoms with E-state index in [2.05, 4.69) is 43.5 Å². The number of hydrogen-bond donors (Lipinski definition) is 3. The lowest BCUT2D eigenvalue weighted by Crippen LogP contribution is -2.45. The van der Waals surface area contributed by atoms with E-state index in [0.29, 0.717) is 17.4 Å². The summed E-state index contributed by atoms with van der Waals surface area (Å²) in [5, 5.41) is 13.8. The van der Waals surface area contributed by atoms with Crippen molar-refractivity contribution in [2.75, 3.05) is 40.9 Å². The van der Waals surface area contributed by atoms with Gasteiger partial charge in [0.2, 0.25) is 5.91 Å². The molecule has 1 amide bonds. The first-order valence-corrected chi connectivity index (χ1v) is 22.4. The van der Waals surface area contributed by atoms with Crippen molar-refractivity contribution >= 4 is 13.7 Å². The molecule has 0 aliphatic heterocycles. The van der Waals surface area contributed by atoms with E-state index in [-0.39, 0.29) is 19.1 Å². The van der Waals surface area contributed by atoms with Crippen LogP contribution in [0.5, 0.6) is 0 Å². The number of amides is 1. The van der Waals surface area contributed by atoms with E-state index in [0.717, 1.165) is 64.2 Å². The Morgan fingerprint density at radius 2 is 1.12 bits per heavy atom. The second kappa shape index (κ2) is 34.5. The van der Waals surface area contributed by atoms with Crippen LogP contribution in [0.1, 0.15) is 174 Å². The minimum absolute atomic E-state index is 0.0581. The lowest BCUT2D eigenvalue weighted by Gasteiger charge is -2.25. The second-order valence-electron chi connectivity index (χ2n) is 15.4. The van der Waals surface area contributed by atoms with Crippen LogP contribution in [-0.2, 0) is 18.4 Å². The Morgan fingerprint density at radius 1 is 0.667 bits per heavy atom. The van der Waals surface area contributed by atoms with Gasteiger partial charge < -0.3 is 19.8 Å². The molecule has 0 spiro atoms. The normalized spacial score (nSPS) is 14.9. The number of phosphoric acid groups is 1. The van der Waals surface area contributed by atoms with Crippen molar-refractivity contribution in [2.24, 2.45) is 0 Å². The number of phosphoric ester groups is 1. The van der Waals surface area contributed by atoms with Crippen molar-refractivity contribution in [3.63, 3.8) is 0 Å². The highest BCUT2D eigenvalue weighted by Crippen LogP contribution is 2.43. The molecule has 0 aromatic rings. The van der Waals surface area contributed by atoms with Crippen LogP contribution in [0.2, 0.25) is 0 Å². The zero-order valence-corrected chi connectivity index (χ0v) is 34.7. The van der Waals surface area contributed by atoms with Crippen molar-refractivity contribution in [3.05, 3.63) is 36.5 Å².